The maximum atomic E-state index is 5.55. The lowest BCUT2D eigenvalue weighted by Gasteiger charge is -2.29. The summed E-state index contributed by atoms with van der Waals surface area (Å²) in [6, 6.07) is 0.537. The molecule has 0 amide bonds. The molecule has 0 spiro atoms. The Labute approximate surface area is 103 Å². The first-order chi connectivity index (χ1) is 8.15. The first-order valence-electron chi connectivity index (χ1n) is 5.94. The summed E-state index contributed by atoms with van der Waals surface area (Å²) in [7, 11) is 0. The molecule has 0 unspecified atom stereocenters. The molecule has 2 rings (SSSR count). The normalized spacial score (nSPS) is 23.6. The van der Waals surface area contributed by atoms with Gasteiger partial charge in [-0.3, -0.25) is 0 Å². The summed E-state index contributed by atoms with van der Waals surface area (Å²) < 4.78 is 0. The summed E-state index contributed by atoms with van der Waals surface area (Å²) in [5, 5.41) is 3.20. The fourth-order valence-electron chi connectivity index (χ4n) is 2.41. The second-order valence-corrected chi connectivity index (χ2v) is 4.53. The molecule has 1 fully saturated rings. The Hall–Kier alpha value is -1.88. The molecule has 2 heterocycles. The summed E-state index contributed by atoms with van der Waals surface area (Å²) >= 11 is 0. The molecule has 2 aliphatic rings. The molecule has 0 aromatic rings. The highest BCUT2D eigenvalue weighted by Crippen LogP contribution is 2.28. The Morgan fingerprint density at radius 3 is 3.00 bits per heavy atom. The molecule has 1 saturated heterocycles. The van der Waals surface area contributed by atoms with Gasteiger partial charge in [0.1, 0.15) is 0 Å². The number of hydrogen-bond acceptors (Lipinski definition) is 2. The summed E-state index contributed by atoms with van der Waals surface area (Å²) in [6.07, 6.45) is 11.7. The molecule has 2 aliphatic heterocycles. The summed E-state index contributed by atoms with van der Waals surface area (Å²) in [5.41, 5.74) is 3.59. The van der Waals surface area contributed by atoms with E-state index in [9.17, 15) is 0 Å². The summed E-state index contributed by atoms with van der Waals surface area (Å²) in [4.78, 5) is 2.31. The molecular formula is C15H18N2. The van der Waals surface area contributed by atoms with Gasteiger partial charge in [-0.1, -0.05) is 19.1 Å². The molecule has 2 heteroatoms. The highest BCUT2D eigenvalue weighted by Gasteiger charge is 2.25. The molecule has 17 heavy (non-hydrogen) atoms. The van der Waals surface area contributed by atoms with Crippen molar-refractivity contribution in [3.05, 3.63) is 48.0 Å². The van der Waals surface area contributed by atoms with Gasteiger partial charge in [-0.05, 0) is 31.4 Å². The number of allylic oxidation sites excluding steroid dienone is 3. The van der Waals surface area contributed by atoms with Crippen LogP contribution in [0.5, 0.6) is 0 Å². The van der Waals surface area contributed by atoms with E-state index in [1.54, 1.807) is 0 Å². The van der Waals surface area contributed by atoms with Gasteiger partial charge < -0.3 is 10.2 Å². The molecule has 1 atom stereocenters. The van der Waals surface area contributed by atoms with E-state index < -0.39 is 0 Å². The van der Waals surface area contributed by atoms with Gasteiger partial charge in [0.2, 0.25) is 0 Å². The Morgan fingerprint density at radius 1 is 1.65 bits per heavy atom. The minimum atomic E-state index is 0.537. The standard InChI is InChI=1S/C15H18N2/c1-5-14-11(2)8-9-16-15(14)13(4)17-10-6-7-12(17)3/h1,8-9,12,16H,2,4,6-7,10H2,3H3/t12-/m1/s1. The fourth-order valence-corrected chi connectivity index (χ4v) is 2.41. The second kappa shape index (κ2) is 4.55. The van der Waals surface area contributed by atoms with Crippen molar-refractivity contribution in [1.82, 2.24) is 10.2 Å². The van der Waals surface area contributed by atoms with Crippen LogP contribution in [0.1, 0.15) is 19.8 Å². The third-order valence-corrected chi connectivity index (χ3v) is 3.42. The number of likely N-dealkylation sites (tertiary alicyclic amines) is 1. The smallest absolute Gasteiger partial charge is 0.0776 e. The quantitative estimate of drug-likeness (QED) is 0.728. The number of rotatable bonds is 2. The van der Waals surface area contributed by atoms with Gasteiger partial charge in [-0.2, -0.15) is 0 Å². The van der Waals surface area contributed by atoms with Crippen molar-refractivity contribution in [1.29, 1.82) is 0 Å². The molecule has 0 aromatic heterocycles. The zero-order valence-corrected chi connectivity index (χ0v) is 10.3. The van der Waals surface area contributed by atoms with E-state index in [1.165, 1.54) is 12.8 Å². The molecule has 0 saturated carbocycles. The Kier molecular flexibility index (Phi) is 3.10. The predicted octanol–water partition coefficient (Wildman–Crippen LogP) is 2.54. The van der Waals surface area contributed by atoms with Crippen LogP contribution in [0.4, 0.5) is 0 Å². The Morgan fingerprint density at radius 2 is 2.41 bits per heavy atom. The number of terminal acetylenes is 1. The minimum Gasteiger partial charge on any atom is -0.368 e. The van der Waals surface area contributed by atoms with Crippen molar-refractivity contribution in [3.63, 3.8) is 0 Å². The van der Waals surface area contributed by atoms with Crippen molar-refractivity contribution >= 4 is 0 Å². The van der Waals surface area contributed by atoms with E-state index in [4.69, 9.17) is 6.42 Å². The van der Waals surface area contributed by atoms with E-state index >= 15 is 0 Å². The van der Waals surface area contributed by atoms with Crippen LogP contribution >= 0.6 is 0 Å². The maximum absolute atomic E-state index is 5.55. The van der Waals surface area contributed by atoms with E-state index in [2.05, 4.69) is 36.2 Å². The minimum absolute atomic E-state index is 0.537. The highest BCUT2D eigenvalue weighted by molar-refractivity contribution is 5.57. The molecular weight excluding hydrogens is 208 g/mol. The van der Waals surface area contributed by atoms with Gasteiger partial charge in [0.15, 0.2) is 0 Å². The van der Waals surface area contributed by atoms with Gasteiger partial charge in [0, 0.05) is 18.8 Å². The average Bonchev–Trinajstić information content (AvgIpc) is 2.74. The lowest BCUT2D eigenvalue weighted by atomic mass is 10.0. The van der Waals surface area contributed by atoms with Crippen molar-refractivity contribution < 1.29 is 0 Å². The fraction of sp³-hybridized carbons (Fsp3) is 0.333. The number of hydrogen-bond donors (Lipinski definition) is 1. The topological polar surface area (TPSA) is 15.3 Å². The maximum Gasteiger partial charge on any atom is 0.0776 e. The van der Waals surface area contributed by atoms with Crippen LogP contribution in [0.15, 0.2) is 48.0 Å². The summed E-state index contributed by atoms with van der Waals surface area (Å²) in [5.74, 6) is 2.70. The lowest BCUT2D eigenvalue weighted by molar-refractivity contribution is 0.344. The number of dihydropyridines is 1. The van der Waals surface area contributed by atoms with E-state index in [0.717, 1.165) is 29.1 Å². The average molecular weight is 226 g/mol. The molecule has 1 N–H and O–H groups in total. The van der Waals surface area contributed by atoms with Crippen LogP contribution in [0.3, 0.4) is 0 Å². The van der Waals surface area contributed by atoms with Crippen LogP contribution < -0.4 is 5.32 Å². The zero-order valence-electron chi connectivity index (χ0n) is 10.3. The van der Waals surface area contributed by atoms with Gasteiger partial charge in [0.05, 0.1) is 17.0 Å². The SMILES string of the molecule is C#CC1=C(C(=C)N2CCC[C@H]2C)NC=CC1=C. The molecule has 0 aliphatic carbocycles. The van der Waals surface area contributed by atoms with Crippen LogP contribution in [-0.4, -0.2) is 17.5 Å². The number of nitrogens with zero attached hydrogens (tertiary/aromatic N) is 1. The van der Waals surface area contributed by atoms with Gasteiger partial charge in [-0.25, -0.2) is 0 Å². The molecule has 0 bridgehead atoms. The van der Waals surface area contributed by atoms with Gasteiger partial charge >= 0.3 is 0 Å². The first kappa shape index (κ1) is 11.6. The predicted molar refractivity (Wildman–Crippen MR) is 71.8 cm³/mol. The van der Waals surface area contributed by atoms with Gasteiger partial charge in [0.25, 0.3) is 0 Å². The van der Waals surface area contributed by atoms with Crippen LogP contribution in [-0.2, 0) is 0 Å². The summed E-state index contributed by atoms with van der Waals surface area (Å²) in [6.45, 7) is 11.4. The Balaban J connectivity index is 2.30. The van der Waals surface area contributed by atoms with Crippen molar-refractivity contribution in [2.24, 2.45) is 0 Å². The van der Waals surface area contributed by atoms with E-state index in [0.29, 0.717) is 6.04 Å². The number of nitrogens with one attached hydrogen (secondary N) is 1. The highest BCUT2D eigenvalue weighted by atomic mass is 15.2. The third-order valence-electron chi connectivity index (χ3n) is 3.42. The van der Waals surface area contributed by atoms with Gasteiger partial charge in [-0.15, -0.1) is 6.42 Å². The van der Waals surface area contributed by atoms with E-state index in [1.807, 2.05) is 12.3 Å². The van der Waals surface area contributed by atoms with Crippen LogP contribution in [0.25, 0.3) is 0 Å². The van der Waals surface area contributed by atoms with Crippen LogP contribution in [0, 0.1) is 12.3 Å². The van der Waals surface area contributed by atoms with Crippen LogP contribution in [0.2, 0.25) is 0 Å². The monoisotopic (exact) mass is 226 g/mol. The molecule has 0 aromatic carbocycles. The molecule has 0 radical (unpaired) electrons. The van der Waals surface area contributed by atoms with E-state index in [-0.39, 0.29) is 0 Å². The van der Waals surface area contributed by atoms with Crippen molar-refractivity contribution in [2.75, 3.05) is 6.54 Å². The third kappa shape index (κ3) is 2.01. The molecule has 88 valence electrons. The zero-order chi connectivity index (χ0) is 12.4. The van der Waals surface area contributed by atoms with Crippen molar-refractivity contribution in [3.8, 4) is 12.3 Å². The first-order valence-corrected chi connectivity index (χ1v) is 5.94. The second-order valence-electron chi connectivity index (χ2n) is 4.53. The lowest BCUT2D eigenvalue weighted by Crippen LogP contribution is -2.30. The largest absolute Gasteiger partial charge is 0.368 e. The molecule has 2 nitrogen and oxygen atoms in total. The Bertz CT molecular complexity index is 460. The van der Waals surface area contributed by atoms with Crippen molar-refractivity contribution in [2.45, 2.75) is 25.8 Å².